The molecule has 1 spiro atoms. The fraction of sp³-hybridized carbons (Fsp3) is 0.533. The number of hydrogen-bond acceptors (Lipinski definition) is 4. The van der Waals surface area contributed by atoms with Crippen molar-refractivity contribution in [2.45, 2.75) is 19.8 Å². The first kappa shape index (κ1) is 11.7. The second-order valence-corrected chi connectivity index (χ2v) is 6.87. The minimum atomic E-state index is 0.410. The van der Waals surface area contributed by atoms with Gasteiger partial charge in [-0.2, -0.15) is 0 Å². The van der Waals surface area contributed by atoms with Crippen LogP contribution in [0.15, 0.2) is 18.2 Å². The molecule has 0 radical (unpaired) electrons. The molecule has 3 nitrogen and oxygen atoms in total. The molecule has 0 bridgehead atoms. The zero-order valence-electron chi connectivity index (χ0n) is 11.2. The van der Waals surface area contributed by atoms with Gasteiger partial charge in [0.25, 0.3) is 0 Å². The van der Waals surface area contributed by atoms with Gasteiger partial charge in [0, 0.05) is 25.1 Å². The predicted molar refractivity (Wildman–Crippen MR) is 79.1 cm³/mol. The minimum Gasteiger partial charge on any atom is -0.381 e. The Hall–Kier alpha value is -1.13. The van der Waals surface area contributed by atoms with E-state index >= 15 is 0 Å². The predicted octanol–water partition coefficient (Wildman–Crippen LogP) is 3.22. The molecule has 0 amide bonds. The van der Waals surface area contributed by atoms with Crippen molar-refractivity contribution in [3.8, 4) is 0 Å². The van der Waals surface area contributed by atoms with E-state index in [-0.39, 0.29) is 0 Å². The van der Waals surface area contributed by atoms with E-state index in [0.717, 1.165) is 31.8 Å². The molecule has 0 aliphatic carbocycles. The lowest BCUT2D eigenvalue weighted by atomic mass is 9.87. The number of thiazole rings is 1. The lowest BCUT2D eigenvalue weighted by molar-refractivity contribution is 0.160. The van der Waals surface area contributed by atoms with E-state index in [1.807, 2.05) is 11.3 Å². The second-order valence-electron chi connectivity index (χ2n) is 5.89. The third-order valence-electron chi connectivity index (χ3n) is 4.49. The number of anilines is 1. The zero-order chi connectivity index (χ0) is 12.9. The summed E-state index contributed by atoms with van der Waals surface area (Å²) < 4.78 is 6.94. The van der Waals surface area contributed by atoms with E-state index in [0.29, 0.717) is 5.41 Å². The SMILES string of the molecule is Cc1cccc2nc(N3CCC4(CCOC4)C3)sc12. The van der Waals surface area contributed by atoms with Crippen LogP contribution < -0.4 is 4.90 Å². The largest absolute Gasteiger partial charge is 0.381 e. The molecular formula is C15H18N2OS. The van der Waals surface area contributed by atoms with Crippen LogP contribution in [-0.4, -0.2) is 31.3 Å². The van der Waals surface area contributed by atoms with Crippen molar-refractivity contribution in [2.75, 3.05) is 31.2 Å². The molecule has 2 saturated heterocycles. The summed E-state index contributed by atoms with van der Waals surface area (Å²) in [6.45, 7) is 6.29. The average molecular weight is 274 g/mol. The maximum Gasteiger partial charge on any atom is 0.186 e. The maximum absolute atomic E-state index is 5.60. The van der Waals surface area contributed by atoms with Crippen LogP contribution in [0.5, 0.6) is 0 Å². The third-order valence-corrected chi connectivity index (χ3v) is 5.76. The van der Waals surface area contributed by atoms with Gasteiger partial charge in [-0.3, -0.25) is 0 Å². The van der Waals surface area contributed by atoms with Crippen LogP contribution in [-0.2, 0) is 4.74 Å². The third kappa shape index (κ3) is 1.85. The van der Waals surface area contributed by atoms with Crippen LogP contribution >= 0.6 is 11.3 Å². The Balaban J connectivity index is 1.66. The molecule has 2 fully saturated rings. The quantitative estimate of drug-likeness (QED) is 0.798. The highest BCUT2D eigenvalue weighted by Crippen LogP contribution is 2.42. The van der Waals surface area contributed by atoms with E-state index in [2.05, 4.69) is 30.0 Å². The Kier molecular flexibility index (Phi) is 2.57. The molecule has 4 heteroatoms. The minimum absolute atomic E-state index is 0.410. The van der Waals surface area contributed by atoms with E-state index in [9.17, 15) is 0 Å². The summed E-state index contributed by atoms with van der Waals surface area (Å²) in [6.07, 6.45) is 2.47. The number of ether oxygens (including phenoxy) is 1. The Labute approximate surface area is 117 Å². The standard InChI is InChI=1S/C15H18N2OS/c1-11-3-2-4-12-13(11)19-14(16-12)17-7-5-15(9-17)6-8-18-10-15/h2-4H,5-10H2,1H3. The molecule has 0 N–H and O–H groups in total. The molecule has 2 aromatic rings. The van der Waals surface area contributed by atoms with Crippen LogP contribution in [0.4, 0.5) is 5.13 Å². The van der Waals surface area contributed by atoms with Crippen molar-refractivity contribution in [2.24, 2.45) is 5.41 Å². The highest BCUT2D eigenvalue weighted by atomic mass is 32.1. The number of hydrogen-bond donors (Lipinski definition) is 0. The number of benzene rings is 1. The topological polar surface area (TPSA) is 25.4 Å². The lowest BCUT2D eigenvalue weighted by Gasteiger charge is -2.21. The van der Waals surface area contributed by atoms with Crippen molar-refractivity contribution >= 4 is 26.7 Å². The molecule has 2 aliphatic rings. The Morgan fingerprint density at radius 2 is 2.32 bits per heavy atom. The van der Waals surface area contributed by atoms with Gasteiger partial charge in [-0.05, 0) is 31.4 Å². The second kappa shape index (κ2) is 4.18. The number of aryl methyl sites for hydroxylation is 1. The van der Waals surface area contributed by atoms with Gasteiger partial charge < -0.3 is 9.64 Å². The van der Waals surface area contributed by atoms with E-state index in [4.69, 9.17) is 9.72 Å². The Morgan fingerprint density at radius 3 is 3.11 bits per heavy atom. The van der Waals surface area contributed by atoms with Crippen molar-refractivity contribution in [1.29, 1.82) is 0 Å². The molecule has 1 atom stereocenters. The lowest BCUT2D eigenvalue weighted by Crippen LogP contribution is -2.27. The molecule has 1 aromatic heterocycles. The van der Waals surface area contributed by atoms with Crippen LogP contribution in [0.25, 0.3) is 10.2 Å². The summed E-state index contributed by atoms with van der Waals surface area (Å²) in [7, 11) is 0. The van der Waals surface area contributed by atoms with Crippen LogP contribution in [0.3, 0.4) is 0 Å². The molecule has 1 unspecified atom stereocenters. The summed E-state index contributed by atoms with van der Waals surface area (Å²) in [6, 6.07) is 6.38. The summed E-state index contributed by atoms with van der Waals surface area (Å²) in [5.74, 6) is 0. The molecule has 100 valence electrons. The highest BCUT2D eigenvalue weighted by molar-refractivity contribution is 7.22. The van der Waals surface area contributed by atoms with Gasteiger partial charge in [-0.1, -0.05) is 23.5 Å². The van der Waals surface area contributed by atoms with Crippen molar-refractivity contribution in [3.63, 3.8) is 0 Å². The zero-order valence-corrected chi connectivity index (χ0v) is 12.0. The number of nitrogens with zero attached hydrogens (tertiary/aromatic N) is 2. The van der Waals surface area contributed by atoms with Crippen molar-refractivity contribution in [3.05, 3.63) is 23.8 Å². The van der Waals surface area contributed by atoms with Crippen molar-refractivity contribution < 1.29 is 4.74 Å². The smallest absolute Gasteiger partial charge is 0.186 e. The summed E-state index contributed by atoms with van der Waals surface area (Å²) >= 11 is 1.84. The number of fused-ring (bicyclic) bond motifs is 1. The van der Waals surface area contributed by atoms with Gasteiger partial charge in [0.05, 0.1) is 16.8 Å². The molecule has 4 rings (SSSR count). The summed E-state index contributed by atoms with van der Waals surface area (Å²) in [4.78, 5) is 7.27. The first-order chi connectivity index (χ1) is 9.26. The summed E-state index contributed by atoms with van der Waals surface area (Å²) in [5, 5.41) is 1.19. The van der Waals surface area contributed by atoms with Gasteiger partial charge >= 0.3 is 0 Å². The van der Waals surface area contributed by atoms with E-state index < -0.39 is 0 Å². The summed E-state index contributed by atoms with van der Waals surface area (Å²) in [5.41, 5.74) is 2.88. The fourth-order valence-electron chi connectivity index (χ4n) is 3.28. The first-order valence-corrected chi connectivity index (χ1v) is 7.76. The molecule has 19 heavy (non-hydrogen) atoms. The van der Waals surface area contributed by atoms with E-state index in [1.165, 1.54) is 28.2 Å². The Morgan fingerprint density at radius 1 is 1.37 bits per heavy atom. The van der Waals surface area contributed by atoms with E-state index in [1.54, 1.807) is 0 Å². The number of rotatable bonds is 1. The van der Waals surface area contributed by atoms with Gasteiger partial charge in [0.15, 0.2) is 5.13 Å². The van der Waals surface area contributed by atoms with Crippen LogP contribution in [0.2, 0.25) is 0 Å². The number of aromatic nitrogens is 1. The molecule has 2 aliphatic heterocycles. The van der Waals surface area contributed by atoms with Crippen LogP contribution in [0, 0.1) is 12.3 Å². The molecule has 1 aromatic carbocycles. The molecular weight excluding hydrogens is 256 g/mol. The van der Waals surface area contributed by atoms with Gasteiger partial charge in [0.1, 0.15) is 0 Å². The monoisotopic (exact) mass is 274 g/mol. The Bertz CT molecular complexity index is 616. The van der Waals surface area contributed by atoms with Gasteiger partial charge in [0.2, 0.25) is 0 Å². The normalized spacial score (nSPS) is 26.9. The first-order valence-electron chi connectivity index (χ1n) is 6.95. The van der Waals surface area contributed by atoms with Gasteiger partial charge in [-0.25, -0.2) is 4.98 Å². The maximum atomic E-state index is 5.60. The molecule has 0 saturated carbocycles. The molecule has 3 heterocycles. The average Bonchev–Trinajstić information content (AvgIpc) is 3.11. The van der Waals surface area contributed by atoms with Gasteiger partial charge in [-0.15, -0.1) is 0 Å². The highest BCUT2D eigenvalue weighted by Gasteiger charge is 2.42. The van der Waals surface area contributed by atoms with Crippen molar-refractivity contribution in [1.82, 2.24) is 4.98 Å². The van der Waals surface area contributed by atoms with Crippen LogP contribution in [0.1, 0.15) is 18.4 Å². The fourth-order valence-corrected chi connectivity index (χ4v) is 4.34.